The number of fused-ring (bicyclic) bond motifs is 2. The Labute approximate surface area is 111 Å². The van der Waals surface area contributed by atoms with Gasteiger partial charge < -0.3 is 4.90 Å². The molecule has 2 fully saturated rings. The van der Waals surface area contributed by atoms with E-state index in [4.69, 9.17) is 0 Å². The van der Waals surface area contributed by atoms with Crippen molar-refractivity contribution in [3.8, 4) is 0 Å². The molecule has 0 aromatic carbocycles. The molecule has 0 spiro atoms. The zero-order valence-corrected chi connectivity index (χ0v) is 11.9. The first-order valence-corrected chi connectivity index (χ1v) is 8.27. The lowest BCUT2D eigenvalue weighted by molar-refractivity contribution is 0.269. The Morgan fingerprint density at radius 3 is 3.18 bits per heavy atom. The van der Waals surface area contributed by atoms with E-state index in [2.05, 4.69) is 20.6 Å². The molecule has 0 amide bonds. The van der Waals surface area contributed by atoms with Crippen molar-refractivity contribution in [2.45, 2.75) is 37.1 Å². The first kappa shape index (κ1) is 11.9. The van der Waals surface area contributed by atoms with E-state index >= 15 is 0 Å². The van der Waals surface area contributed by atoms with Gasteiger partial charge in [-0.15, -0.1) is 11.8 Å². The molecule has 2 unspecified atom stereocenters. The van der Waals surface area contributed by atoms with E-state index in [1.807, 2.05) is 11.8 Å². The van der Waals surface area contributed by atoms with Crippen molar-refractivity contribution in [1.82, 2.24) is 13.6 Å². The van der Waals surface area contributed by atoms with Crippen LogP contribution in [0.5, 0.6) is 0 Å². The monoisotopic (exact) mass is 269 g/mol. The Morgan fingerprint density at radius 1 is 1.41 bits per heavy atom. The molecule has 3 atom stereocenters. The minimum atomic E-state index is 0.663. The molecule has 0 saturated carbocycles. The maximum atomic E-state index is 4.59. The van der Waals surface area contributed by atoms with E-state index in [1.165, 1.54) is 67.1 Å². The maximum Gasteiger partial charge on any atom is 0.134 e. The smallest absolute Gasteiger partial charge is 0.134 e. The standard InChI is InChI=1S/C12H19N3S2/c1-2-6-16-12-11(13-17-14-12)10-8-15-5-3-4-9(10)7-15/h9-10H,2-8H2,1H3/t9?,10-/m0/s1. The third-order valence-electron chi connectivity index (χ3n) is 3.84. The lowest BCUT2D eigenvalue weighted by Gasteiger charge is -2.21. The van der Waals surface area contributed by atoms with E-state index in [0.29, 0.717) is 5.92 Å². The highest BCUT2D eigenvalue weighted by Gasteiger charge is 2.38. The number of hydrogen-bond donors (Lipinski definition) is 0. The minimum Gasteiger partial charge on any atom is -0.302 e. The highest BCUT2D eigenvalue weighted by molar-refractivity contribution is 7.99. The van der Waals surface area contributed by atoms with E-state index in [-0.39, 0.29) is 0 Å². The average molecular weight is 269 g/mol. The first-order chi connectivity index (χ1) is 8.38. The molecule has 0 radical (unpaired) electrons. The molecule has 2 saturated heterocycles. The molecule has 0 aliphatic carbocycles. The van der Waals surface area contributed by atoms with Gasteiger partial charge in [0.05, 0.1) is 17.4 Å². The number of nitrogens with zero attached hydrogens (tertiary/aromatic N) is 3. The van der Waals surface area contributed by atoms with Crippen LogP contribution in [0, 0.1) is 5.92 Å². The number of hydrogen-bond acceptors (Lipinski definition) is 5. The molecule has 1 aromatic rings. The van der Waals surface area contributed by atoms with E-state index in [0.717, 1.165) is 5.92 Å². The van der Waals surface area contributed by atoms with Gasteiger partial charge in [-0.05, 0) is 37.5 Å². The van der Waals surface area contributed by atoms with Gasteiger partial charge in [0.2, 0.25) is 0 Å². The molecule has 2 aliphatic rings. The van der Waals surface area contributed by atoms with Crippen LogP contribution in [0.1, 0.15) is 37.8 Å². The number of rotatable bonds is 4. The Hall–Kier alpha value is -0.130. The third-order valence-corrected chi connectivity index (χ3v) is 5.69. The molecule has 3 nitrogen and oxygen atoms in total. The van der Waals surface area contributed by atoms with Crippen molar-refractivity contribution in [1.29, 1.82) is 0 Å². The highest BCUT2D eigenvalue weighted by Crippen LogP contribution is 2.41. The van der Waals surface area contributed by atoms with Gasteiger partial charge in [0.1, 0.15) is 5.03 Å². The molecular formula is C12H19N3S2. The summed E-state index contributed by atoms with van der Waals surface area (Å²) in [6.07, 6.45) is 3.97. The van der Waals surface area contributed by atoms with Crippen molar-refractivity contribution in [2.75, 3.05) is 25.4 Å². The molecule has 1 aromatic heterocycles. The molecule has 2 aliphatic heterocycles. The predicted octanol–water partition coefficient (Wildman–Crippen LogP) is 2.85. The molecule has 94 valence electrons. The van der Waals surface area contributed by atoms with Crippen molar-refractivity contribution in [2.24, 2.45) is 5.92 Å². The first-order valence-electron chi connectivity index (χ1n) is 6.56. The van der Waals surface area contributed by atoms with Crippen LogP contribution in [0.25, 0.3) is 0 Å². The van der Waals surface area contributed by atoms with Gasteiger partial charge >= 0.3 is 0 Å². The van der Waals surface area contributed by atoms with Crippen LogP contribution >= 0.6 is 23.5 Å². The zero-order valence-electron chi connectivity index (χ0n) is 10.3. The van der Waals surface area contributed by atoms with E-state index in [1.54, 1.807) is 0 Å². The lowest BCUT2D eigenvalue weighted by Crippen LogP contribution is -2.25. The largest absolute Gasteiger partial charge is 0.302 e. The van der Waals surface area contributed by atoms with Crippen LogP contribution in [-0.2, 0) is 0 Å². The summed E-state index contributed by atoms with van der Waals surface area (Å²) in [6.45, 7) is 6.03. The Kier molecular flexibility index (Phi) is 3.68. The zero-order chi connectivity index (χ0) is 11.7. The topological polar surface area (TPSA) is 29.0 Å². The lowest BCUT2D eigenvalue weighted by atomic mass is 9.89. The molecule has 0 N–H and O–H groups in total. The van der Waals surface area contributed by atoms with Gasteiger partial charge in [-0.1, -0.05) is 6.92 Å². The van der Waals surface area contributed by atoms with Crippen LogP contribution in [0.15, 0.2) is 5.03 Å². The van der Waals surface area contributed by atoms with Crippen LogP contribution < -0.4 is 0 Å². The Balaban J connectivity index is 1.77. The van der Waals surface area contributed by atoms with E-state index < -0.39 is 0 Å². The van der Waals surface area contributed by atoms with Crippen LogP contribution in [-0.4, -0.2) is 39.0 Å². The Morgan fingerprint density at radius 2 is 2.35 bits per heavy atom. The quantitative estimate of drug-likeness (QED) is 0.786. The van der Waals surface area contributed by atoms with Crippen LogP contribution in [0.4, 0.5) is 0 Å². The van der Waals surface area contributed by atoms with Crippen LogP contribution in [0.2, 0.25) is 0 Å². The van der Waals surface area contributed by atoms with Crippen LogP contribution in [0.3, 0.4) is 0 Å². The number of piperidine rings is 1. The predicted molar refractivity (Wildman–Crippen MR) is 72.8 cm³/mol. The second kappa shape index (κ2) is 5.24. The maximum absolute atomic E-state index is 4.59. The summed E-state index contributed by atoms with van der Waals surface area (Å²) in [7, 11) is 0. The summed E-state index contributed by atoms with van der Waals surface area (Å²) >= 11 is 3.29. The molecule has 2 bridgehead atoms. The van der Waals surface area contributed by atoms with Crippen molar-refractivity contribution < 1.29 is 0 Å². The molecule has 3 heterocycles. The fraction of sp³-hybridized carbons (Fsp3) is 0.833. The fourth-order valence-electron chi connectivity index (χ4n) is 3.04. The SMILES string of the molecule is CCCSc1nsnc1[C@H]1CN2CCCC1C2. The van der Waals surface area contributed by atoms with Gasteiger partial charge in [0.15, 0.2) is 0 Å². The van der Waals surface area contributed by atoms with Gasteiger partial charge in [-0.25, -0.2) is 0 Å². The molecule has 17 heavy (non-hydrogen) atoms. The summed E-state index contributed by atoms with van der Waals surface area (Å²) in [6, 6.07) is 0. The number of thioether (sulfide) groups is 1. The number of aromatic nitrogens is 2. The fourth-order valence-corrected chi connectivity index (χ4v) is 4.66. The van der Waals surface area contributed by atoms with E-state index in [9.17, 15) is 0 Å². The van der Waals surface area contributed by atoms with Gasteiger partial charge in [0.25, 0.3) is 0 Å². The Bertz CT molecular complexity index is 380. The van der Waals surface area contributed by atoms with Crippen molar-refractivity contribution in [3.63, 3.8) is 0 Å². The third kappa shape index (κ3) is 2.37. The highest BCUT2D eigenvalue weighted by atomic mass is 32.2. The summed E-state index contributed by atoms with van der Waals surface area (Å²) in [5.74, 6) is 2.67. The second-order valence-electron chi connectivity index (χ2n) is 5.07. The average Bonchev–Trinajstić information content (AvgIpc) is 2.91. The summed E-state index contributed by atoms with van der Waals surface area (Å²) < 4.78 is 9.08. The van der Waals surface area contributed by atoms with Gasteiger partial charge in [-0.3, -0.25) is 0 Å². The molecule has 5 heteroatoms. The van der Waals surface area contributed by atoms with Crippen molar-refractivity contribution in [3.05, 3.63) is 5.69 Å². The molecular weight excluding hydrogens is 250 g/mol. The summed E-state index contributed by atoms with van der Waals surface area (Å²) in [4.78, 5) is 2.60. The second-order valence-corrected chi connectivity index (χ2v) is 6.68. The van der Waals surface area contributed by atoms with Gasteiger partial charge in [-0.2, -0.15) is 8.75 Å². The molecule has 3 rings (SSSR count). The summed E-state index contributed by atoms with van der Waals surface area (Å²) in [5.41, 5.74) is 1.31. The minimum absolute atomic E-state index is 0.663. The summed E-state index contributed by atoms with van der Waals surface area (Å²) in [5, 5.41) is 1.22. The van der Waals surface area contributed by atoms with Gasteiger partial charge in [0, 0.05) is 19.0 Å². The normalized spacial score (nSPS) is 31.9. The van der Waals surface area contributed by atoms with Crippen molar-refractivity contribution >= 4 is 23.5 Å².